The van der Waals surface area contributed by atoms with E-state index in [4.69, 9.17) is 0 Å². The molecule has 0 unspecified atom stereocenters. The van der Waals surface area contributed by atoms with E-state index in [0.29, 0.717) is 0 Å². The molecule has 0 bridgehead atoms. The van der Waals surface area contributed by atoms with E-state index in [0.717, 1.165) is 35.5 Å². The molecule has 1 radical (unpaired) electrons. The van der Waals surface area contributed by atoms with Crippen molar-refractivity contribution in [2.24, 2.45) is 4.99 Å². The van der Waals surface area contributed by atoms with Crippen molar-refractivity contribution in [3.8, 4) is 11.3 Å². The molecule has 0 N–H and O–H groups in total. The minimum absolute atomic E-state index is 0. The Balaban J connectivity index is 0.000000167. The molecule has 1 aliphatic rings. The normalized spacial score (nSPS) is 11.8. The first-order valence-corrected chi connectivity index (χ1v) is 9.40. The van der Waals surface area contributed by atoms with E-state index in [2.05, 4.69) is 52.4 Å². The minimum Gasteiger partial charge on any atom is -0.332 e. The fraction of sp³-hybridized carbons (Fsp3) is 0.0769. The zero-order valence-electron chi connectivity index (χ0n) is 15.9. The third kappa shape index (κ3) is 5.35. The molecule has 2 heterocycles. The molecule has 29 heavy (non-hydrogen) atoms. The Morgan fingerprint density at radius 2 is 1.38 bits per heavy atom. The van der Waals surface area contributed by atoms with Gasteiger partial charge < -0.3 is 9.98 Å². The van der Waals surface area contributed by atoms with E-state index >= 15 is 0 Å². The van der Waals surface area contributed by atoms with Gasteiger partial charge in [0.15, 0.2) is 0 Å². The van der Waals surface area contributed by atoms with Crippen molar-refractivity contribution in [2.75, 3.05) is 6.54 Å². The maximum absolute atomic E-state index is 4.63. The molecule has 0 fully saturated rings. The first kappa shape index (κ1) is 20.9. The van der Waals surface area contributed by atoms with Gasteiger partial charge in [0.2, 0.25) is 0 Å². The third-order valence-corrected chi connectivity index (χ3v) is 4.54. The fourth-order valence-electron chi connectivity index (χ4n) is 3.19. The summed E-state index contributed by atoms with van der Waals surface area (Å²) in [6.45, 7) is 0.884. The molecule has 4 aromatic rings. The van der Waals surface area contributed by atoms with Crippen LogP contribution in [0, 0.1) is 12.1 Å². The van der Waals surface area contributed by atoms with Gasteiger partial charge in [-0.2, -0.15) is 0 Å². The molecule has 0 amide bonds. The van der Waals surface area contributed by atoms with Crippen LogP contribution in [0.25, 0.3) is 11.3 Å². The fourth-order valence-corrected chi connectivity index (χ4v) is 3.19. The van der Waals surface area contributed by atoms with Gasteiger partial charge in [-0.3, -0.25) is 0 Å². The van der Waals surface area contributed by atoms with Gasteiger partial charge in [-0.1, -0.05) is 36.4 Å². The number of hydrogen-bond acceptors (Lipinski definition) is 2. The summed E-state index contributed by atoms with van der Waals surface area (Å²) in [6.07, 6.45) is 2.84. The molecule has 1 aromatic heterocycles. The van der Waals surface area contributed by atoms with E-state index in [1.54, 1.807) is 6.20 Å². The van der Waals surface area contributed by atoms with Crippen LogP contribution in [-0.2, 0) is 26.5 Å². The molecule has 3 heteroatoms. The molecular formula is C26H20IrN2-2. The Hall–Kier alpha value is -2.87. The summed E-state index contributed by atoms with van der Waals surface area (Å²) in [6, 6.07) is 36.6. The molecule has 0 atom stereocenters. The average molecular weight is 553 g/mol. The number of aromatic nitrogens is 1. The van der Waals surface area contributed by atoms with Gasteiger partial charge in [0.25, 0.3) is 0 Å². The second-order valence-corrected chi connectivity index (χ2v) is 6.40. The van der Waals surface area contributed by atoms with Crippen molar-refractivity contribution in [1.82, 2.24) is 4.98 Å². The summed E-state index contributed by atoms with van der Waals surface area (Å²) < 4.78 is 0. The monoisotopic (exact) mass is 553 g/mol. The standard InChI is InChI=1S/C15H12N.C11H8N.Ir/c1-2-7-13(8-3-1)15-14-9-5-4-6-12(14)10-11-16-15;1-2-6-10(7-3-1)11-8-4-5-9-12-11;/h1-7,9H,10-11H2;1-6,8-9H;/q2*-1;. The number of aliphatic imine (C=N–C) groups is 1. The van der Waals surface area contributed by atoms with Crippen molar-refractivity contribution >= 4 is 5.71 Å². The predicted molar refractivity (Wildman–Crippen MR) is 114 cm³/mol. The van der Waals surface area contributed by atoms with Crippen molar-refractivity contribution in [2.45, 2.75) is 6.42 Å². The zero-order valence-corrected chi connectivity index (χ0v) is 18.3. The molecule has 2 nitrogen and oxygen atoms in total. The summed E-state index contributed by atoms with van der Waals surface area (Å²) in [5, 5.41) is 0. The number of benzene rings is 3. The van der Waals surface area contributed by atoms with Crippen LogP contribution in [0.1, 0.15) is 16.7 Å². The van der Waals surface area contributed by atoms with E-state index in [1.807, 2.05) is 60.7 Å². The van der Waals surface area contributed by atoms with Gasteiger partial charge in [-0.25, -0.2) is 0 Å². The average Bonchev–Trinajstić information content (AvgIpc) is 2.81. The number of fused-ring (bicyclic) bond motifs is 1. The Labute approximate surface area is 185 Å². The Kier molecular flexibility index (Phi) is 7.63. The first-order valence-electron chi connectivity index (χ1n) is 9.40. The van der Waals surface area contributed by atoms with Crippen molar-refractivity contribution in [3.63, 3.8) is 0 Å². The SMILES string of the molecule is [Ir].[c-]1ccccc1-c1ccccn1.[c-]1ccccc1C1=NCCc2ccccc21. The van der Waals surface area contributed by atoms with Crippen LogP contribution in [0.3, 0.4) is 0 Å². The largest absolute Gasteiger partial charge is 0.332 e. The molecule has 0 spiro atoms. The van der Waals surface area contributed by atoms with Gasteiger partial charge in [-0.05, 0) is 35.0 Å². The number of hydrogen-bond donors (Lipinski definition) is 0. The van der Waals surface area contributed by atoms with Crippen LogP contribution in [0.4, 0.5) is 0 Å². The third-order valence-electron chi connectivity index (χ3n) is 4.54. The Bertz CT molecular complexity index is 1010. The molecule has 0 saturated heterocycles. The Morgan fingerprint density at radius 1 is 0.690 bits per heavy atom. The molecule has 3 aromatic carbocycles. The second-order valence-electron chi connectivity index (χ2n) is 6.40. The van der Waals surface area contributed by atoms with Crippen LogP contribution in [0.2, 0.25) is 0 Å². The van der Waals surface area contributed by atoms with Crippen LogP contribution < -0.4 is 0 Å². The van der Waals surface area contributed by atoms with Gasteiger partial charge in [-0.15, -0.1) is 71.8 Å². The number of nitrogens with zero attached hydrogens (tertiary/aromatic N) is 2. The summed E-state index contributed by atoms with van der Waals surface area (Å²) in [5.74, 6) is 0. The number of rotatable bonds is 2. The van der Waals surface area contributed by atoms with Gasteiger partial charge >= 0.3 is 0 Å². The maximum Gasteiger partial charge on any atom is 0.0329 e. The van der Waals surface area contributed by atoms with Crippen molar-refractivity contribution < 1.29 is 20.1 Å². The van der Waals surface area contributed by atoms with Crippen molar-refractivity contribution in [1.29, 1.82) is 0 Å². The molecular weight excluding hydrogens is 533 g/mol. The van der Waals surface area contributed by atoms with Crippen molar-refractivity contribution in [3.05, 3.63) is 126 Å². The van der Waals surface area contributed by atoms with E-state index in [9.17, 15) is 0 Å². The molecule has 0 aliphatic carbocycles. The summed E-state index contributed by atoms with van der Waals surface area (Å²) >= 11 is 0. The summed E-state index contributed by atoms with van der Waals surface area (Å²) in [7, 11) is 0. The van der Waals surface area contributed by atoms with Gasteiger partial charge in [0.05, 0.1) is 0 Å². The molecule has 0 saturated carbocycles. The Morgan fingerprint density at radius 3 is 2.07 bits per heavy atom. The molecule has 1 aliphatic heterocycles. The predicted octanol–water partition coefficient (Wildman–Crippen LogP) is 5.43. The minimum atomic E-state index is 0. The summed E-state index contributed by atoms with van der Waals surface area (Å²) in [4.78, 5) is 8.84. The number of pyridine rings is 1. The first-order chi connectivity index (χ1) is 13.9. The van der Waals surface area contributed by atoms with E-state index < -0.39 is 0 Å². The van der Waals surface area contributed by atoms with Gasteiger partial charge in [0.1, 0.15) is 0 Å². The second kappa shape index (κ2) is 10.6. The zero-order chi connectivity index (χ0) is 19.0. The van der Waals surface area contributed by atoms with Crippen LogP contribution in [-0.4, -0.2) is 17.2 Å². The van der Waals surface area contributed by atoms with Crippen LogP contribution in [0.15, 0.2) is 102 Å². The van der Waals surface area contributed by atoms with Gasteiger partial charge in [0, 0.05) is 32.8 Å². The maximum atomic E-state index is 4.63. The topological polar surface area (TPSA) is 25.2 Å². The summed E-state index contributed by atoms with van der Waals surface area (Å²) in [5.41, 5.74) is 6.84. The van der Waals surface area contributed by atoms with Crippen LogP contribution in [0.5, 0.6) is 0 Å². The van der Waals surface area contributed by atoms with E-state index in [1.165, 1.54) is 11.1 Å². The molecule has 5 rings (SSSR count). The quantitative estimate of drug-likeness (QED) is 0.305. The van der Waals surface area contributed by atoms with E-state index in [-0.39, 0.29) is 20.1 Å². The van der Waals surface area contributed by atoms with Crippen LogP contribution >= 0.6 is 0 Å². The smallest absolute Gasteiger partial charge is 0.0329 e. The molecule has 145 valence electrons.